The number of benzene rings is 2. The summed E-state index contributed by atoms with van der Waals surface area (Å²) in [6, 6.07) is 10.0. The number of hydrogen-bond acceptors (Lipinski definition) is 7. The SMILES string of the molecule is CC(NC(=O)[C@@H]1C[C@@H](S(=O)(=O)C2CC2)CN1C(=O)CNC(=O)c1ccc2c(c1)-c1ccccc1C2(F)F)c1cc(C(=N)N)cs1. The zero-order valence-corrected chi connectivity index (χ0v) is 25.8. The zero-order valence-electron chi connectivity index (χ0n) is 24.2. The van der Waals surface area contributed by atoms with E-state index in [4.69, 9.17) is 11.1 Å². The lowest BCUT2D eigenvalue weighted by molar-refractivity contribution is -0.137. The number of hydrogen-bond donors (Lipinski definition) is 4. The lowest BCUT2D eigenvalue weighted by Gasteiger charge is -2.25. The summed E-state index contributed by atoms with van der Waals surface area (Å²) in [5, 5.41) is 13.3. The average molecular weight is 656 g/mol. The van der Waals surface area contributed by atoms with Crippen LogP contribution in [0.4, 0.5) is 8.78 Å². The third kappa shape index (κ3) is 5.61. The standard InChI is InChI=1S/C31H31F2N5O5S2/c1-16(26-11-18(15-44-26)28(34)35)37-30(41)25-12-20(45(42,43)19-7-8-19)14-38(25)27(39)13-36-29(40)17-6-9-24-22(10-17)21-4-2-3-5-23(21)31(24,32)33/h2-6,9-11,15-16,19-20,25H,7-8,12-14H2,1H3,(H3,34,35)(H,36,40)(H,37,41)/t16?,20-,25+/m1/s1. The Morgan fingerprint density at radius 1 is 1.07 bits per heavy atom. The van der Waals surface area contributed by atoms with E-state index in [1.54, 1.807) is 30.5 Å². The van der Waals surface area contributed by atoms with Gasteiger partial charge < -0.3 is 21.3 Å². The second kappa shape index (κ2) is 11.3. The van der Waals surface area contributed by atoms with Crippen molar-refractivity contribution in [1.29, 1.82) is 5.41 Å². The van der Waals surface area contributed by atoms with Crippen LogP contribution in [-0.4, -0.2) is 66.5 Å². The molecule has 0 bridgehead atoms. The summed E-state index contributed by atoms with van der Waals surface area (Å²) in [4.78, 5) is 41.9. The number of amides is 3. The second-order valence-electron chi connectivity index (χ2n) is 11.7. The van der Waals surface area contributed by atoms with Gasteiger partial charge in [-0.05, 0) is 55.5 Å². The smallest absolute Gasteiger partial charge is 0.299 e. The second-order valence-corrected chi connectivity index (χ2v) is 15.1. The van der Waals surface area contributed by atoms with E-state index >= 15 is 0 Å². The normalized spacial score (nSPS) is 20.6. The number of likely N-dealkylation sites (tertiary alicyclic amines) is 1. The Morgan fingerprint density at radius 3 is 2.47 bits per heavy atom. The molecule has 5 N–H and O–H groups in total. The molecule has 1 aliphatic heterocycles. The Morgan fingerprint density at radius 2 is 1.78 bits per heavy atom. The highest BCUT2D eigenvalue weighted by molar-refractivity contribution is 7.93. The maximum absolute atomic E-state index is 14.9. The van der Waals surface area contributed by atoms with Gasteiger partial charge in [0.1, 0.15) is 11.9 Å². The van der Waals surface area contributed by atoms with E-state index in [9.17, 15) is 31.6 Å². The van der Waals surface area contributed by atoms with Crippen LogP contribution in [0.2, 0.25) is 0 Å². The molecule has 2 fully saturated rings. The topological polar surface area (TPSA) is 163 Å². The molecule has 1 unspecified atom stereocenters. The van der Waals surface area contributed by atoms with Gasteiger partial charge in [0.05, 0.1) is 23.1 Å². The van der Waals surface area contributed by atoms with E-state index in [-0.39, 0.29) is 41.1 Å². The number of fused-ring (bicyclic) bond motifs is 3. The summed E-state index contributed by atoms with van der Waals surface area (Å²) >= 11 is 1.31. The first-order valence-corrected chi connectivity index (χ1v) is 16.9. The number of carbonyl (C=O) groups is 3. The van der Waals surface area contributed by atoms with Crippen LogP contribution < -0.4 is 16.4 Å². The molecule has 3 amide bonds. The number of nitrogens with one attached hydrogen (secondary N) is 3. The predicted octanol–water partition coefficient (Wildman–Crippen LogP) is 3.31. The first kappa shape index (κ1) is 30.8. The molecule has 1 saturated heterocycles. The number of halogens is 2. The fourth-order valence-corrected chi connectivity index (χ4v) is 9.08. The highest BCUT2D eigenvalue weighted by Crippen LogP contribution is 2.51. The summed E-state index contributed by atoms with van der Waals surface area (Å²) in [6.45, 7) is 1.03. The maximum Gasteiger partial charge on any atom is 0.299 e. The molecule has 6 rings (SSSR count). The van der Waals surface area contributed by atoms with Gasteiger partial charge in [-0.3, -0.25) is 19.8 Å². The van der Waals surface area contributed by atoms with Crippen LogP contribution in [0.3, 0.4) is 0 Å². The Hall–Kier alpha value is -4.17. The molecule has 0 spiro atoms. The zero-order chi connectivity index (χ0) is 32.3. The van der Waals surface area contributed by atoms with Gasteiger partial charge in [-0.2, -0.15) is 8.78 Å². The Bertz CT molecular complexity index is 1840. The van der Waals surface area contributed by atoms with Crippen LogP contribution in [-0.2, 0) is 25.3 Å². The van der Waals surface area contributed by atoms with Crippen molar-refractivity contribution in [3.05, 3.63) is 81.0 Å². The lowest BCUT2D eigenvalue weighted by Crippen LogP contribution is -2.49. The molecule has 236 valence electrons. The molecule has 1 aromatic heterocycles. The third-order valence-electron chi connectivity index (χ3n) is 8.63. The van der Waals surface area contributed by atoms with Crippen LogP contribution in [0.5, 0.6) is 0 Å². The van der Waals surface area contributed by atoms with E-state index in [2.05, 4.69) is 10.6 Å². The van der Waals surface area contributed by atoms with E-state index in [1.165, 1.54) is 46.6 Å². The Kier molecular flexibility index (Phi) is 7.76. The van der Waals surface area contributed by atoms with Crippen LogP contribution in [0.1, 0.15) is 64.2 Å². The van der Waals surface area contributed by atoms with Crippen molar-refractivity contribution in [2.45, 2.75) is 54.7 Å². The fourth-order valence-electron chi connectivity index (χ4n) is 6.01. The number of nitrogens with zero attached hydrogens (tertiary/aromatic N) is 1. The molecule has 3 atom stereocenters. The van der Waals surface area contributed by atoms with Crippen molar-refractivity contribution < 1.29 is 31.6 Å². The number of carbonyl (C=O) groups excluding carboxylic acids is 3. The van der Waals surface area contributed by atoms with Crippen LogP contribution in [0, 0.1) is 5.41 Å². The Labute approximate surface area is 262 Å². The molecular weight excluding hydrogens is 625 g/mol. The van der Waals surface area contributed by atoms with Crippen molar-refractivity contribution in [2.24, 2.45) is 5.73 Å². The van der Waals surface area contributed by atoms with Gasteiger partial charge in [-0.1, -0.05) is 30.3 Å². The number of nitrogen functional groups attached to an aromatic ring is 1. The van der Waals surface area contributed by atoms with Crippen LogP contribution in [0.15, 0.2) is 53.9 Å². The molecule has 14 heteroatoms. The van der Waals surface area contributed by atoms with Gasteiger partial charge in [-0.15, -0.1) is 11.3 Å². The minimum absolute atomic E-state index is 0.0708. The third-order valence-corrected chi connectivity index (χ3v) is 12.4. The van der Waals surface area contributed by atoms with Crippen molar-refractivity contribution >= 4 is 44.7 Å². The summed E-state index contributed by atoms with van der Waals surface area (Å²) in [7, 11) is -3.56. The van der Waals surface area contributed by atoms with Gasteiger partial charge >= 0.3 is 0 Å². The summed E-state index contributed by atoms with van der Waals surface area (Å²) in [5.74, 6) is -5.16. The molecule has 3 aromatic rings. The largest absolute Gasteiger partial charge is 0.384 e. The molecule has 2 aliphatic carbocycles. The van der Waals surface area contributed by atoms with Gasteiger partial charge in [0.15, 0.2) is 9.84 Å². The molecule has 45 heavy (non-hydrogen) atoms. The maximum atomic E-state index is 14.9. The van der Waals surface area contributed by atoms with Crippen molar-refractivity contribution in [2.75, 3.05) is 13.1 Å². The van der Waals surface area contributed by atoms with Crippen LogP contribution in [0.25, 0.3) is 11.1 Å². The van der Waals surface area contributed by atoms with Crippen molar-refractivity contribution in [3.63, 3.8) is 0 Å². The number of amidine groups is 1. The number of alkyl halides is 2. The molecule has 0 radical (unpaired) electrons. The van der Waals surface area contributed by atoms with Gasteiger partial charge in [0.25, 0.3) is 11.8 Å². The first-order valence-electron chi connectivity index (χ1n) is 14.4. The quantitative estimate of drug-likeness (QED) is 0.204. The molecule has 2 aromatic carbocycles. The van der Waals surface area contributed by atoms with E-state index < -0.39 is 62.6 Å². The van der Waals surface area contributed by atoms with Gasteiger partial charge in [-0.25, -0.2) is 8.42 Å². The summed E-state index contributed by atoms with van der Waals surface area (Å²) in [6.07, 6.45) is 1.02. The summed E-state index contributed by atoms with van der Waals surface area (Å²) < 4.78 is 56.1. The minimum atomic E-state index is -3.56. The Balaban J connectivity index is 1.17. The molecule has 3 aliphatic rings. The van der Waals surface area contributed by atoms with Crippen LogP contribution >= 0.6 is 11.3 Å². The monoisotopic (exact) mass is 655 g/mol. The minimum Gasteiger partial charge on any atom is -0.384 e. The number of thiophene rings is 1. The van der Waals surface area contributed by atoms with Gasteiger partial charge in [0, 0.05) is 39.1 Å². The molecule has 1 saturated carbocycles. The number of sulfone groups is 1. The van der Waals surface area contributed by atoms with Crippen molar-refractivity contribution in [1.82, 2.24) is 15.5 Å². The number of nitrogens with two attached hydrogens (primary N) is 1. The first-order chi connectivity index (χ1) is 21.3. The van der Waals surface area contributed by atoms with E-state index in [1.807, 2.05) is 0 Å². The predicted molar refractivity (Wildman–Crippen MR) is 165 cm³/mol. The highest BCUT2D eigenvalue weighted by atomic mass is 32.2. The highest BCUT2D eigenvalue weighted by Gasteiger charge is 2.50. The molecular formula is C31H31F2N5O5S2. The van der Waals surface area contributed by atoms with Gasteiger partial charge in [0.2, 0.25) is 11.8 Å². The fraction of sp³-hybridized carbons (Fsp3) is 0.355. The van der Waals surface area contributed by atoms with E-state index in [0.29, 0.717) is 24.0 Å². The van der Waals surface area contributed by atoms with E-state index in [0.717, 1.165) is 4.88 Å². The molecule has 2 heterocycles. The molecule has 10 nitrogen and oxygen atoms in total. The lowest BCUT2D eigenvalue weighted by atomic mass is 10.0. The van der Waals surface area contributed by atoms with Crippen molar-refractivity contribution in [3.8, 4) is 11.1 Å². The number of rotatable bonds is 9. The summed E-state index contributed by atoms with van der Waals surface area (Å²) in [5.41, 5.74) is 6.34. The average Bonchev–Trinajstić information content (AvgIpc) is 3.50.